The van der Waals surface area contributed by atoms with Crippen molar-refractivity contribution >= 4 is 86.2 Å². The number of alkyl halides is 8. The van der Waals surface area contributed by atoms with E-state index in [1.54, 1.807) is 9.34 Å². The van der Waals surface area contributed by atoms with Gasteiger partial charge in [-0.15, -0.1) is 0 Å². The lowest BCUT2D eigenvalue weighted by Gasteiger charge is -2.42. The largest absolute Gasteiger partial charge is 0.378 e. The molecule has 0 aliphatic carbocycles. The number of hydrogen-bond acceptors (Lipinski definition) is 14. The molecule has 0 aromatic rings. The Bertz CT molecular complexity index is 1670. The fourth-order valence-corrected chi connectivity index (χ4v) is 37.7. The molecule has 10 atom stereocenters. The van der Waals surface area contributed by atoms with Gasteiger partial charge in [0.2, 0.25) is 41.2 Å². The van der Waals surface area contributed by atoms with E-state index in [4.69, 9.17) is 45.0 Å². The van der Waals surface area contributed by atoms with E-state index in [2.05, 4.69) is 37.3 Å². The van der Waals surface area contributed by atoms with Gasteiger partial charge in [0.1, 0.15) is 0 Å². The highest BCUT2D eigenvalue weighted by molar-refractivity contribution is 8.05. The van der Waals surface area contributed by atoms with Gasteiger partial charge in [-0.2, -0.15) is 53.2 Å². The summed E-state index contributed by atoms with van der Waals surface area (Å²) < 4.78 is 146. The molecule has 10 unspecified atom stereocenters. The maximum Gasteiger partial charge on any atom is 0.346 e. The van der Waals surface area contributed by atoms with Gasteiger partial charge in [-0.25, -0.2) is 18.4 Å². The molecular weight excluding hydrogens is 900 g/mol. The SMILES string of the molecule is OC1C(F)(F)C(F)(F)C(O)P2(Cl)=NP3(=NP1(Cl)=N2)NCCCN3CCCCN1CCCNP12=NP1(Cl)=NP(Cl)(=N2)C(O)C(F)(F)C(F)(F)C1O. The Morgan fingerprint density at radius 2 is 0.800 bits per heavy atom. The summed E-state index contributed by atoms with van der Waals surface area (Å²) in [7, 11) is -7.40. The number of aliphatic hydroxyl groups excluding tert-OH is 4. The first-order valence-electron chi connectivity index (χ1n) is 14.6. The summed E-state index contributed by atoms with van der Waals surface area (Å²) in [6, 6.07) is 0. The molecule has 6 heterocycles. The molecule has 6 rings (SSSR count). The van der Waals surface area contributed by atoms with Gasteiger partial charge in [-0.1, -0.05) is 0 Å². The second kappa shape index (κ2) is 13.1. The van der Waals surface area contributed by atoms with Crippen molar-refractivity contribution in [2.45, 2.75) is 72.8 Å². The first kappa shape index (κ1) is 41.3. The van der Waals surface area contributed by atoms with Crippen LogP contribution in [0.1, 0.15) is 25.7 Å². The Hall–Kier alpha value is 1.66. The quantitative estimate of drug-likeness (QED) is 0.0895. The topological polar surface area (TPSA) is 186 Å². The number of hydrogen-bond donors (Lipinski definition) is 6. The van der Waals surface area contributed by atoms with Crippen LogP contribution in [0.4, 0.5) is 35.1 Å². The van der Waals surface area contributed by atoms with Crippen LogP contribution in [0.25, 0.3) is 0 Å². The number of aliphatic hydroxyl groups is 4. The molecule has 0 aromatic carbocycles. The molecule has 0 saturated carbocycles. The number of nitrogens with one attached hydrogen (secondary N) is 2. The zero-order chi connectivity index (χ0) is 37.2. The number of fused-ring (bicyclic) bond motifs is 2. The monoisotopic (exact) mass is 928 g/mol. The van der Waals surface area contributed by atoms with Crippen LogP contribution >= 0.6 is 86.2 Å². The van der Waals surface area contributed by atoms with E-state index in [1.165, 1.54) is 0 Å². The minimum absolute atomic E-state index is 0.0611. The van der Waals surface area contributed by atoms with E-state index >= 15 is 0 Å². The van der Waals surface area contributed by atoms with Crippen LogP contribution in [0.3, 0.4) is 0 Å². The van der Waals surface area contributed by atoms with E-state index < -0.39 is 88.3 Å². The van der Waals surface area contributed by atoms with Crippen molar-refractivity contribution in [1.29, 1.82) is 0 Å². The first-order chi connectivity index (χ1) is 22.8. The van der Waals surface area contributed by atoms with Crippen LogP contribution in [0.15, 0.2) is 27.1 Å². The predicted molar refractivity (Wildman–Crippen MR) is 181 cm³/mol. The van der Waals surface area contributed by atoms with E-state index in [1.807, 2.05) is 0 Å². The predicted octanol–water partition coefficient (Wildman–Crippen LogP) is 9.20. The summed E-state index contributed by atoms with van der Waals surface area (Å²) in [6.45, 7) is -17.6. The molecule has 2 spiro atoms. The Kier molecular flexibility index (Phi) is 10.8. The van der Waals surface area contributed by atoms with Gasteiger partial charge in [0, 0.05) is 39.3 Å². The normalized spacial score (nSPS) is 49.2. The zero-order valence-electron chi connectivity index (χ0n) is 25.0. The van der Waals surface area contributed by atoms with Gasteiger partial charge in [0.15, 0.2) is 23.4 Å². The molecule has 6 aliphatic heterocycles. The zero-order valence-corrected chi connectivity index (χ0v) is 33.4. The van der Waals surface area contributed by atoms with Gasteiger partial charge < -0.3 is 20.4 Å². The minimum atomic E-state index is -5.25. The van der Waals surface area contributed by atoms with E-state index in [-0.39, 0.29) is 52.1 Å². The lowest BCUT2D eigenvalue weighted by molar-refractivity contribution is -0.256. The third-order valence-corrected chi connectivity index (χ3v) is 35.2. The van der Waals surface area contributed by atoms with Gasteiger partial charge in [-0.05, 0) is 70.6 Å². The van der Waals surface area contributed by atoms with Crippen LogP contribution in [0.5, 0.6) is 0 Å². The van der Waals surface area contributed by atoms with E-state index in [0.717, 1.165) is 0 Å². The summed E-state index contributed by atoms with van der Waals surface area (Å²) >= 11 is 25.4. The van der Waals surface area contributed by atoms with Crippen molar-refractivity contribution in [1.82, 2.24) is 19.5 Å². The van der Waals surface area contributed by atoms with Crippen molar-refractivity contribution in [3.8, 4) is 0 Å². The Labute approximate surface area is 299 Å². The lowest BCUT2D eigenvalue weighted by atomic mass is 10.2. The molecule has 32 heteroatoms. The highest BCUT2D eigenvalue weighted by Gasteiger charge is 2.75. The number of halogens is 12. The van der Waals surface area contributed by atoms with E-state index in [9.17, 15) is 55.5 Å². The number of rotatable bonds is 5. The van der Waals surface area contributed by atoms with Crippen LogP contribution in [0.2, 0.25) is 0 Å². The van der Waals surface area contributed by atoms with Crippen LogP contribution < -0.4 is 10.2 Å². The fraction of sp³-hybridized carbons (Fsp3) is 1.00. The molecule has 2 saturated heterocycles. The van der Waals surface area contributed by atoms with Gasteiger partial charge in [-0.3, -0.25) is 10.2 Å². The maximum atomic E-state index is 14.8. The van der Waals surface area contributed by atoms with Crippen molar-refractivity contribution < 1.29 is 55.5 Å². The summed E-state index contributed by atoms with van der Waals surface area (Å²) in [6.07, 6.45) is 1.37. The van der Waals surface area contributed by atoms with Crippen molar-refractivity contribution in [3.63, 3.8) is 0 Å². The third-order valence-electron chi connectivity index (χ3n) is 8.64. The van der Waals surface area contributed by atoms with Crippen LogP contribution in [-0.2, 0) is 0 Å². The van der Waals surface area contributed by atoms with Crippen LogP contribution in [0, 0.1) is 0 Å². The molecule has 6 aliphatic rings. The standard InChI is InChI=1S/C18H30Cl4F8N10O4P6/c19-45-11(41)15(23,24)16(25,26)12(42)46(20,33-45)36-49(35-45)31-5-3-9-39(49)7-1-2-8-40-10-4-6-32-50(40)37-47(21)13(43)17(27,28)18(29,30)14(44)48(22,34-47)38-50/h11-14,31-32,41-44H,1-10H2. The maximum absolute atomic E-state index is 14.8. The summed E-state index contributed by atoms with van der Waals surface area (Å²) in [5.41, 5.74) is 0. The molecule has 290 valence electrons. The minimum Gasteiger partial charge on any atom is -0.378 e. The lowest BCUT2D eigenvalue weighted by Crippen LogP contribution is -2.53. The average molecular weight is 930 g/mol. The molecule has 50 heavy (non-hydrogen) atoms. The Morgan fingerprint density at radius 3 is 1.10 bits per heavy atom. The number of unbranched alkanes of at least 4 members (excludes halogenated alkanes) is 1. The van der Waals surface area contributed by atoms with Gasteiger partial charge >= 0.3 is 23.7 Å². The number of nitrogens with zero attached hydrogens (tertiary/aromatic N) is 8. The van der Waals surface area contributed by atoms with Crippen molar-refractivity contribution in [2.24, 2.45) is 27.1 Å². The highest BCUT2D eigenvalue weighted by atomic mass is 35.7. The van der Waals surface area contributed by atoms with Gasteiger partial charge in [0.05, 0.1) is 0 Å². The van der Waals surface area contributed by atoms with Gasteiger partial charge in [0.25, 0.3) is 0 Å². The van der Waals surface area contributed by atoms with Crippen molar-refractivity contribution in [3.05, 3.63) is 0 Å². The molecule has 0 radical (unpaired) electrons. The Balaban J connectivity index is 1.29. The Morgan fingerprint density at radius 1 is 0.520 bits per heavy atom. The fourth-order valence-electron chi connectivity index (χ4n) is 5.97. The smallest absolute Gasteiger partial charge is 0.346 e. The van der Waals surface area contributed by atoms with Crippen LogP contribution in [-0.4, -0.2) is 116 Å². The molecular formula is C18H30Cl4F8N10O4P6. The average Bonchev–Trinajstić information content (AvgIpc) is 3.04. The van der Waals surface area contributed by atoms with Crippen molar-refractivity contribution in [2.75, 3.05) is 39.3 Å². The molecule has 14 nitrogen and oxygen atoms in total. The first-order valence-corrected chi connectivity index (χ1v) is 28.6. The summed E-state index contributed by atoms with van der Waals surface area (Å²) in [5, 5.41) is 47.7. The second-order valence-electron chi connectivity index (χ2n) is 12.1. The summed E-state index contributed by atoms with van der Waals surface area (Å²) in [4.78, 5) is 0. The molecule has 6 N–H and O–H groups in total. The molecule has 4 bridgehead atoms. The second-order valence-corrected chi connectivity index (χ2v) is 32.9. The highest BCUT2D eigenvalue weighted by Crippen LogP contribution is 2.89. The molecule has 0 amide bonds. The molecule has 2 fully saturated rings. The third kappa shape index (κ3) is 6.12. The summed E-state index contributed by atoms with van der Waals surface area (Å²) in [5.74, 6) is -34.1. The van der Waals surface area contributed by atoms with E-state index in [0.29, 0.717) is 12.8 Å². The molecule has 0 aromatic heterocycles.